The molecular weight excluding hydrogens is 407 g/mol. The Morgan fingerprint density at radius 1 is 1.00 bits per heavy atom. The van der Waals surface area contributed by atoms with E-state index in [9.17, 15) is 9.18 Å². The molecule has 0 aromatic heterocycles. The summed E-state index contributed by atoms with van der Waals surface area (Å²) >= 11 is 0. The van der Waals surface area contributed by atoms with Crippen molar-refractivity contribution in [3.63, 3.8) is 0 Å². The van der Waals surface area contributed by atoms with Gasteiger partial charge >= 0.3 is 0 Å². The van der Waals surface area contributed by atoms with E-state index in [-0.39, 0.29) is 11.7 Å². The van der Waals surface area contributed by atoms with Crippen LogP contribution in [0.4, 0.5) is 4.39 Å². The normalized spacial score (nSPS) is 11.2. The number of halogens is 1. The zero-order valence-electron chi connectivity index (χ0n) is 19.6. The number of carbonyl (C=O) groups is 1. The molecule has 0 N–H and O–H groups in total. The summed E-state index contributed by atoms with van der Waals surface area (Å²) in [6.07, 6.45) is 5.88. The quantitative estimate of drug-likeness (QED) is 0.453. The van der Waals surface area contributed by atoms with Gasteiger partial charge in [0.15, 0.2) is 11.5 Å². The third kappa shape index (κ3) is 8.35. The van der Waals surface area contributed by atoms with Gasteiger partial charge in [-0.3, -0.25) is 4.79 Å². The maximum Gasteiger partial charge on any atom is 0.226 e. The van der Waals surface area contributed by atoms with E-state index in [2.05, 4.69) is 18.0 Å². The van der Waals surface area contributed by atoms with Crippen LogP contribution in [0.15, 0.2) is 48.5 Å². The molecule has 0 heterocycles. The van der Waals surface area contributed by atoms with Gasteiger partial charge in [0.05, 0.1) is 14.2 Å². The molecule has 0 aliphatic carbocycles. The summed E-state index contributed by atoms with van der Waals surface area (Å²) in [5.74, 6) is 1.34. The minimum Gasteiger partial charge on any atom is -0.493 e. The molecule has 0 bridgehead atoms. The largest absolute Gasteiger partial charge is 0.493 e. The van der Waals surface area contributed by atoms with Crippen LogP contribution in [0.1, 0.15) is 30.9 Å². The summed E-state index contributed by atoms with van der Waals surface area (Å²) in [5.41, 5.74) is 2.09. The van der Waals surface area contributed by atoms with Gasteiger partial charge in [-0.05, 0) is 68.8 Å². The Morgan fingerprint density at radius 2 is 1.72 bits per heavy atom. The highest BCUT2D eigenvalue weighted by atomic mass is 19.1. The molecule has 0 saturated carbocycles. The lowest BCUT2D eigenvalue weighted by Gasteiger charge is -2.23. The van der Waals surface area contributed by atoms with E-state index in [1.165, 1.54) is 17.7 Å². The van der Waals surface area contributed by atoms with Crippen molar-refractivity contribution in [3.05, 3.63) is 65.5 Å². The summed E-state index contributed by atoms with van der Waals surface area (Å²) < 4.78 is 23.6. The summed E-state index contributed by atoms with van der Waals surface area (Å²) in [4.78, 5) is 16.7. The molecule has 0 atom stereocenters. The van der Waals surface area contributed by atoms with E-state index in [1.54, 1.807) is 26.4 Å². The molecular formula is C26H35FN2O3. The lowest BCUT2D eigenvalue weighted by atomic mass is 10.1. The molecule has 0 spiro atoms. The van der Waals surface area contributed by atoms with Gasteiger partial charge in [-0.15, -0.1) is 0 Å². The topological polar surface area (TPSA) is 42.0 Å². The SMILES string of the molecule is CCN(CCCN(C)CCc1ccc(OC)c(OC)c1)C(=O)C/C=C/c1ccc(F)cc1. The third-order valence-corrected chi connectivity index (χ3v) is 5.41. The zero-order valence-corrected chi connectivity index (χ0v) is 19.6. The Hall–Kier alpha value is -2.86. The first-order valence-electron chi connectivity index (χ1n) is 11.1. The summed E-state index contributed by atoms with van der Waals surface area (Å²) in [7, 11) is 5.38. The predicted molar refractivity (Wildman–Crippen MR) is 128 cm³/mol. The van der Waals surface area contributed by atoms with Crippen molar-refractivity contribution < 1.29 is 18.7 Å². The van der Waals surface area contributed by atoms with Gasteiger partial charge in [0.25, 0.3) is 0 Å². The molecule has 0 fully saturated rings. The van der Waals surface area contributed by atoms with Crippen LogP contribution in [0.2, 0.25) is 0 Å². The Balaban J connectivity index is 1.72. The van der Waals surface area contributed by atoms with Crippen molar-refractivity contribution in [1.29, 1.82) is 0 Å². The Morgan fingerprint density at radius 3 is 2.38 bits per heavy atom. The van der Waals surface area contributed by atoms with E-state index in [0.717, 1.165) is 49.5 Å². The molecule has 6 heteroatoms. The van der Waals surface area contributed by atoms with Crippen molar-refractivity contribution in [3.8, 4) is 11.5 Å². The molecule has 0 aliphatic rings. The fraction of sp³-hybridized carbons (Fsp3) is 0.423. The number of methoxy groups -OCH3 is 2. The minimum atomic E-state index is -0.260. The summed E-state index contributed by atoms with van der Waals surface area (Å²) in [5, 5.41) is 0. The maximum atomic E-state index is 13.0. The molecule has 5 nitrogen and oxygen atoms in total. The number of nitrogens with zero attached hydrogens (tertiary/aromatic N) is 2. The fourth-order valence-corrected chi connectivity index (χ4v) is 3.46. The van der Waals surface area contributed by atoms with Crippen LogP contribution >= 0.6 is 0 Å². The van der Waals surface area contributed by atoms with Gasteiger partial charge in [-0.2, -0.15) is 0 Å². The van der Waals surface area contributed by atoms with Gasteiger partial charge in [0.1, 0.15) is 5.82 Å². The standard InChI is InChI=1S/C26H35FN2O3/c1-5-29(26(30)9-6-8-21-10-13-23(27)14-11-21)18-7-17-28(2)19-16-22-12-15-24(31-3)25(20-22)32-4/h6,8,10-15,20H,5,7,9,16-19H2,1-4H3/b8-6+. The smallest absolute Gasteiger partial charge is 0.226 e. The van der Waals surface area contributed by atoms with Crippen LogP contribution in [-0.2, 0) is 11.2 Å². The maximum absolute atomic E-state index is 13.0. The van der Waals surface area contributed by atoms with Crippen LogP contribution in [0.25, 0.3) is 6.08 Å². The van der Waals surface area contributed by atoms with Gasteiger partial charge in [0, 0.05) is 26.1 Å². The number of carbonyl (C=O) groups excluding carboxylic acids is 1. The number of ether oxygens (including phenoxy) is 2. The van der Waals surface area contributed by atoms with Crippen molar-refractivity contribution in [2.24, 2.45) is 0 Å². The second-order valence-electron chi connectivity index (χ2n) is 7.73. The molecule has 174 valence electrons. The summed E-state index contributed by atoms with van der Waals surface area (Å²) in [6, 6.07) is 12.2. The average Bonchev–Trinajstić information content (AvgIpc) is 2.81. The number of benzene rings is 2. The predicted octanol–water partition coefficient (Wildman–Crippen LogP) is 4.66. The van der Waals surface area contributed by atoms with Gasteiger partial charge in [-0.25, -0.2) is 4.39 Å². The fourth-order valence-electron chi connectivity index (χ4n) is 3.46. The summed E-state index contributed by atoms with van der Waals surface area (Å²) in [6.45, 7) is 5.28. The first-order valence-corrected chi connectivity index (χ1v) is 11.1. The molecule has 1 amide bonds. The van der Waals surface area contributed by atoms with Crippen molar-refractivity contribution in [2.75, 3.05) is 47.4 Å². The highest BCUT2D eigenvalue weighted by Gasteiger charge is 2.10. The van der Waals surface area contributed by atoms with Crippen molar-refractivity contribution in [1.82, 2.24) is 9.80 Å². The molecule has 0 unspecified atom stereocenters. The Bertz CT molecular complexity index is 868. The molecule has 0 radical (unpaired) electrons. The van der Waals surface area contributed by atoms with E-state index >= 15 is 0 Å². The van der Waals surface area contributed by atoms with Gasteiger partial charge in [-0.1, -0.05) is 30.4 Å². The Labute approximate surface area is 191 Å². The molecule has 2 aromatic rings. The van der Waals surface area contributed by atoms with Crippen LogP contribution < -0.4 is 9.47 Å². The Kier molecular flexibility index (Phi) is 10.7. The number of likely N-dealkylation sites (N-methyl/N-ethyl adjacent to an activating group) is 1. The number of hydrogen-bond donors (Lipinski definition) is 0. The monoisotopic (exact) mass is 442 g/mol. The van der Waals surface area contributed by atoms with Crippen LogP contribution in [0, 0.1) is 5.82 Å². The lowest BCUT2D eigenvalue weighted by molar-refractivity contribution is -0.130. The third-order valence-electron chi connectivity index (χ3n) is 5.41. The van der Waals surface area contributed by atoms with E-state index < -0.39 is 0 Å². The zero-order chi connectivity index (χ0) is 23.3. The van der Waals surface area contributed by atoms with Crippen LogP contribution in [-0.4, -0.2) is 63.2 Å². The van der Waals surface area contributed by atoms with E-state index in [4.69, 9.17) is 9.47 Å². The lowest BCUT2D eigenvalue weighted by Crippen LogP contribution is -2.33. The van der Waals surface area contributed by atoms with Crippen molar-refractivity contribution in [2.45, 2.75) is 26.2 Å². The minimum absolute atomic E-state index is 0.110. The number of rotatable bonds is 13. The second kappa shape index (κ2) is 13.5. The molecule has 2 aromatic carbocycles. The first-order chi connectivity index (χ1) is 15.5. The first kappa shape index (κ1) is 25.4. The number of amides is 1. The van der Waals surface area contributed by atoms with Crippen LogP contribution in [0.5, 0.6) is 11.5 Å². The highest BCUT2D eigenvalue weighted by molar-refractivity contribution is 5.78. The average molecular weight is 443 g/mol. The van der Waals surface area contributed by atoms with E-state index in [1.807, 2.05) is 36.1 Å². The molecule has 0 aliphatic heterocycles. The molecule has 0 saturated heterocycles. The molecule has 32 heavy (non-hydrogen) atoms. The van der Waals surface area contributed by atoms with Gasteiger partial charge < -0.3 is 19.3 Å². The van der Waals surface area contributed by atoms with Gasteiger partial charge in [0.2, 0.25) is 5.91 Å². The number of hydrogen-bond acceptors (Lipinski definition) is 4. The second-order valence-corrected chi connectivity index (χ2v) is 7.73. The van der Waals surface area contributed by atoms with Crippen molar-refractivity contribution >= 4 is 12.0 Å². The van der Waals surface area contributed by atoms with E-state index in [0.29, 0.717) is 13.0 Å². The van der Waals surface area contributed by atoms with Crippen LogP contribution in [0.3, 0.4) is 0 Å². The molecule has 2 rings (SSSR count). The highest BCUT2D eigenvalue weighted by Crippen LogP contribution is 2.27.